The lowest BCUT2D eigenvalue weighted by molar-refractivity contribution is 0.0942. The van der Waals surface area contributed by atoms with E-state index in [4.69, 9.17) is 4.52 Å². The molecule has 1 aliphatic heterocycles. The lowest BCUT2D eigenvalue weighted by Crippen LogP contribution is -2.23. The predicted molar refractivity (Wildman–Crippen MR) is 119 cm³/mol. The molecule has 0 fully saturated rings. The normalized spacial score (nSPS) is 12.6. The molecule has 6 nitrogen and oxygen atoms in total. The number of carbonyl (C=O) groups is 1. The fraction of sp³-hybridized carbons (Fsp3) is 0.160. The first-order chi connectivity index (χ1) is 15.3. The molecule has 0 unspecified atom stereocenters. The van der Waals surface area contributed by atoms with Gasteiger partial charge < -0.3 is 14.7 Å². The molecule has 0 saturated heterocycles. The average Bonchev–Trinajstić information content (AvgIpc) is 3.47. The van der Waals surface area contributed by atoms with Crippen LogP contribution in [0.1, 0.15) is 27.2 Å². The molecule has 1 amide bonds. The van der Waals surface area contributed by atoms with E-state index in [0.717, 1.165) is 30.6 Å². The lowest BCUT2D eigenvalue weighted by Gasteiger charge is -2.19. The van der Waals surface area contributed by atoms with E-state index in [2.05, 4.69) is 68.9 Å². The van der Waals surface area contributed by atoms with Gasteiger partial charge in [0, 0.05) is 49.3 Å². The number of pyridine rings is 1. The number of anilines is 1. The van der Waals surface area contributed by atoms with Crippen molar-refractivity contribution < 1.29 is 9.32 Å². The second-order valence-corrected chi connectivity index (χ2v) is 7.61. The minimum Gasteiger partial charge on any atom is -0.367 e. The molecule has 0 radical (unpaired) electrons. The monoisotopic (exact) mass is 410 g/mol. The third-order valence-electron chi connectivity index (χ3n) is 5.54. The predicted octanol–water partition coefficient (Wildman–Crippen LogP) is 4.23. The van der Waals surface area contributed by atoms with E-state index in [9.17, 15) is 4.79 Å². The lowest BCUT2D eigenvalue weighted by atomic mass is 10.1. The number of amides is 1. The van der Waals surface area contributed by atoms with E-state index in [1.54, 1.807) is 18.5 Å². The molecular weight excluding hydrogens is 388 g/mol. The van der Waals surface area contributed by atoms with E-state index >= 15 is 0 Å². The highest BCUT2D eigenvalue weighted by Crippen LogP contribution is 2.28. The van der Waals surface area contributed by atoms with Crippen LogP contribution in [0.4, 0.5) is 5.69 Å². The number of aromatic nitrogens is 2. The van der Waals surface area contributed by atoms with E-state index < -0.39 is 0 Å². The molecule has 2 aromatic heterocycles. The Labute approximate surface area is 180 Å². The van der Waals surface area contributed by atoms with Gasteiger partial charge in [-0.2, -0.15) is 0 Å². The van der Waals surface area contributed by atoms with Crippen molar-refractivity contribution >= 4 is 11.6 Å². The topological polar surface area (TPSA) is 71.3 Å². The highest BCUT2D eigenvalue weighted by molar-refractivity contribution is 5.93. The molecule has 0 atom stereocenters. The molecule has 5 rings (SSSR count). The number of benzene rings is 2. The minimum atomic E-state index is -0.262. The Morgan fingerprint density at radius 2 is 1.77 bits per heavy atom. The van der Waals surface area contributed by atoms with Crippen molar-refractivity contribution in [2.24, 2.45) is 0 Å². The summed E-state index contributed by atoms with van der Waals surface area (Å²) < 4.78 is 5.28. The Balaban J connectivity index is 1.17. The molecule has 1 N–H and O–H groups in total. The molecule has 6 heteroatoms. The maximum atomic E-state index is 12.4. The zero-order valence-electron chi connectivity index (χ0n) is 17.0. The number of nitrogens with one attached hydrogen (secondary N) is 1. The second kappa shape index (κ2) is 8.44. The van der Waals surface area contributed by atoms with Gasteiger partial charge in [0.15, 0.2) is 11.5 Å². The van der Waals surface area contributed by atoms with Gasteiger partial charge in [0.25, 0.3) is 5.91 Å². The van der Waals surface area contributed by atoms with Gasteiger partial charge in [-0.15, -0.1) is 0 Å². The average molecular weight is 410 g/mol. The van der Waals surface area contributed by atoms with Crippen molar-refractivity contribution in [1.82, 2.24) is 15.5 Å². The van der Waals surface area contributed by atoms with Gasteiger partial charge in [0.1, 0.15) is 0 Å². The van der Waals surface area contributed by atoms with Gasteiger partial charge in [-0.25, -0.2) is 0 Å². The molecule has 0 bridgehead atoms. The van der Waals surface area contributed by atoms with E-state index in [1.165, 1.54) is 16.8 Å². The van der Waals surface area contributed by atoms with Gasteiger partial charge in [-0.05, 0) is 41.3 Å². The number of rotatable bonds is 6. The summed E-state index contributed by atoms with van der Waals surface area (Å²) in [6, 6.07) is 22.2. The van der Waals surface area contributed by atoms with Crippen molar-refractivity contribution in [2.75, 3.05) is 11.4 Å². The molecule has 2 aromatic carbocycles. The summed E-state index contributed by atoms with van der Waals surface area (Å²) in [7, 11) is 0. The summed E-state index contributed by atoms with van der Waals surface area (Å²) in [5.41, 5.74) is 6.13. The van der Waals surface area contributed by atoms with Crippen molar-refractivity contribution in [2.45, 2.75) is 19.5 Å². The van der Waals surface area contributed by atoms with Gasteiger partial charge in [0.05, 0.1) is 0 Å². The van der Waals surface area contributed by atoms with Crippen LogP contribution < -0.4 is 10.2 Å². The molecule has 0 aliphatic carbocycles. The highest BCUT2D eigenvalue weighted by Gasteiger charge is 2.18. The third kappa shape index (κ3) is 4.19. The Bertz CT molecular complexity index is 1190. The number of fused-ring (bicyclic) bond motifs is 1. The van der Waals surface area contributed by atoms with Crippen molar-refractivity contribution in [3.8, 4) is 11.3 Å². The molecule has 31 heavy (non-hydrogen) atoms. The zero-order chi connectivity index (χ0) is 21.0. The van der Waals surface area contributed by atoms with E-state index in [-0.39, 0.29) is 11.6 Å². The zero-order valence-corrected chi connectivity index (χ0v) is 17.0. The number of hydrogen-bond donors (Lipinski definition) is 1. The van der Waals surface area contributed by atoms with Gasteiger partial charge in [-0.3, -0.25) is 9.78 Å². The third-order valence-corrected chi connectivity index (χ3v) is 5.54. The number of nitrogens with zero attached hydrogens (tertiary/aromatic N) is 3. The van der Waals surface area contributed by atoms with Crippen LogP contribution in [0.25, 0.3) is 11.3 Å². The van der Waals surface area contributed by atoms with Crippen LogP contribution in [0, 0.1) is 0 Å². The number of hydrogen-bond acceptors (Lipinski definition) is 5. The molecule has 3 heterocycles. The molecule has 1 aliphatic rings. The van der Waals surface area contributed by atoms with Crippen LogP contribution in [0.15, 0.2) is 83.6 Å². The van der Waals surface area contributed by atoms with Crippen LogP contribution in [-0.4, -0.2) is 22.6 Å². The van der Waals surface area contributed by atoms with Crippen LogP contribution in [-0.2, 0) is 19.5 Å². The Kier molecular flexibility index (Phi) is 5.19. The Hall–Kier alpha value is -3.93. The first-order valence-corrected chi connectivity index (χ1v) is 10.3. The Morgan fingerprint density at radius 3 is 2.61 bits per heavy atom. The van der Waals surface area contributed by atoms with Crippen LogP contribution >= 0.6 is 0 Å². The molecule has 154 valence electrons. The van der Waals surface area contributed by atoms with Gasteiger partial charge in [-0.1, -0.05) is 47.6 Å². The fourth-order valence-corrected chi connectivity index (χ4v) is 3.86. The summed E-state index contributed by atoms with van der Waals surface area (Å²) >= 11 is 0. The summed E-state index contributed by atoms with van der Waals surface area (Å²) in [6.45, 7) is 2.37. The van der Waals surface area contributed by atoms with Crippen LogP contribution in [0.2, 0.25) is 0 Å². The first kappa shape index (κ1) is 19.1. The van der Waals surface area contributed by atoms with Crippen LogP contribution in [0.3, 0.4) is 0 Å². The van der Waals surface area contributed by atoms with Crippen LogP contribution in [0.5, 0.6) is 0 Å². The maximum Gasteiger partial charge on any atom is 0.273 e. The number of para-hydroxylation sites is 1. The van der Waals surface area contributed by atoms with Crippen molar-refractivity contribution in [1.29, 1.82) is 0 Å². The molecule has 4 aromatic rings. The molecule has 0 spiro atoms. The van der Waals surface area contributed by atoms with E-state index in [0.29, 0.717) is 12.3 Å². The first-order valence-electron chi connectivity index (χ1n) is 10.3. The summed E-state index contributed by atoms with van der Waals surface area (Å²) in [6.07, 6.45) is 4.44. The second-order valence-electron chi connectivity index (χ2n) is 7.61. The summed E-state index contributed by atoms with van der Waals surface area (Å²) in [4.78, 5) is 18.8. The summed E-state index contributed by atoms with van der Waals surface area (Å²) in [5, 5.41) is 6.78. The minimum absolute atomic E-state index is 0.260. The highest BCUT2D eigenvalue weighted by atomic mass is 16.5. The quantitative estimate of drug-likeness (QED) is 0.515. The smallest absolute Gasteiger partial charge is 0.273 e. The summed E-state index contributed by atoms with van der Waals surface area (Å²) in [5.74, 6) is 0.280. The van der Waals surface area contributed by atoms with Crippen molar-refractivity contribution in [3.05, 3.63) is 102 Å². The van der Waals surface area contributed by atoms with Gasteiger partial charge >= 0.3 is 0 Å². The van der Waals surface area contributed by atoms with Gasteiger partial charge in [0.2, 0.25) is 0 Å². The van der Waals surface area contributed by atoms with E-state index in [1.807, 2.05) is 12.1 Å². The fourth-order valence-electron chi connectivity index (χ4n) is 3.86. The number of carbonyl (C=O) groups excluding carboxylic acids is 1. The standard InChI is InChI=1S/C25H22N4O2/c30-25(22-15-24(31-28-22)21-9-12-26-13-10-21)27-16-18-5-7-19(8-6-18)17-29-14-11-20-3-1-2-4-23(20)29/h1-10,12-13,15H,11,14,16-17H2,(H,27,30). The maximum absolute atomic E-state index is 12.4. The van der Waals surface area contributed by atoms with Crippen molar-refractivity contribution in [3.63, 3.8) is 0 Å². The SMILES string of the molecule is O=C(NCc1ccc(CN2CCc3ccccc32)cc1)c1cc(-c2ccncc2)on1. The molecular formula is C25H22N4O2. The largest absolute Gasteiger partial charge is 0.367 e. The Morgan fingerprint density at radius 1 is 1.00 bits per heavy atom. The molecule has 0 saturated carbocycles.